The number of thioether (sulfide) groups is 2. The SMILES string of the molecule is CCC1CSC(C(C)(C)C)SC1. The maximum absolute atomic E-state index is 2.35. The number of hydrogen-bond donors (Lipinski definition) is 0. The first-order valence-corrected chi connectivity index (χ1v) is 6.87. The van der Waals surface area contributed by atoms with Gasteiger partial charge in [-0.25, -0.2) is 0 Å². The Morgan fingerprint density at radius 1 is 1.17 bits per heavy atom. The number of hydrogen-bond acceptors (Lipinski definition) is 2. The Bertz CT molecular complexity index is 129. The predicted molar refractivity (Wildman–Crippen MR) is 61.9 cm³/mol. The molecule has 12 heavy (non-hydrogen) atoms. The van der Waals surface area contributed by atoms with Crippen LogP contribution in [0.2, 0.25) is 0 Å². The van der Waals surface area contributed by atoms with Gasteiger partial charge in [-0.15, -0.1) is 23.5 Å². The average Bonchev–Trinajstić information content (AvgIpc) is 2.03. The van der Waals surface area contributed by atoms with E-state index in [9.17, 15) is 0 Å². The molecule has 1 fully saturated rings. The smallest absolute Gasteiger partial charge is 0.0550 e. The molecule has 0 N–H and O–H groups in total. The molecule has 0 radical (unpaired) electrons. The second-order valence-electron chi connectivity index (χ2n) is 4.64. The van der Waals surface area contributed by atoms with Crippen LogP contribution in [0.15, 0.2) is 0 Å². The van der Waals surface area contributed by atoms with Crippen molar-refractivity contribution in [1.29, 1.82) is 0 Å². The predicted octanol–water partition coefficient (Wildman–Crippen LogP) is 3.86. The maximum Gasteiger partial charge on any atom is 0.0550 e. The molecule has 0 unspecified atom stereocenters. The van der Waals surface area contributed by atoms with Crippen molar-refractivity contribution >= 4 is 23.5 Å². The van der Waals surface area contributed by atoms with Crippen molar-refractivity contribution in [1.82, 2.24) is 0 Å². The van der Waals surface area contributed by atoms with Gasteiger partial charge in [0.25, 0.3) is 0 Å². The van der Waals surface area contributed by atoms with E-state index in [0.29, 0.717) is 5.41 Å². The lowest BCUT2D eigenvalue weighted by Gasteiger charge is -2.35. The molecule has 0 amide bonds. The highest BCUT2D eigenvalue weighted by Gasteiger charge is 2.30. The van der Waals surface area contributed by atoms with E-state index in [-0.39, 0.29) is 0 Å². The molecule has 1 aliphatic rings. The van der Waals surface area contributed by atoms with Gasteiger partial charge in [-0.3, -0.25) is 0 Å². The van der Waals surface area contributed by atoms with Gasteiger partial charge in [0.1, 0.15) is 0 Å². The molecule has 72 valence electrons. The normalized spacial score (nSPS) is 32.0. The van der Waals surface area contributed by atoms with Crippen LogP contribution < -0.4 is 0 Å². The quantitative estimate of drug-likeness (QED) is 0.636. The Kier molecular flexibility index (Phi) is 3.84. The minimum atomic E-state index is 0.480. The van der Waals surface area contributed by atoms with Crippen LogP contribution in [0.1, 0.15) is 34.1 Å². The molecule has 1 heterocycles. The van der Waals surface area contributed by atoms with Crippen molar-refractivity contribution in [3.63, 3.8) is 0 Å². The fraction of sp³-hybridized carbons (Fsp3) is 1.00. The third-order valence-electron chi connectivity index (χ3n) is 2.25. The molecule has 0 bridgehead atoms. The van der Waals surface area contributed by atoms with Crippen LogP contribution in [0.4, 0.5) is 0 Å². The van der Waals surface area contributed by atoms with Crippen LogP contribution in [0, 0.1) is 11.3 Å². The topological polar surface area (TPSA) is 0 Å². The monoisotopic (exact) mass is 204 g/mol. The molecule has 0 aromatic carbocycles. The van der Waals surface area contributed by atoms with Gasteiger partial charge < -0.3 is 0 Å². The molecule has 1 aliphatic heterocycles. The Balaban J connectivity index is 2.36. The summed E-state index contributed by atoms with van der Waals surface area (Å²) in [6, 6.07) is 0. The van der Waals surface area contributed by atoms with Crippen molar-refractivity contribution in [2.45, 2.75) is 38.7 Å². The van der Waals surface area contributed by atoms with E-state index in [4.69, 9.17) is 0 Å². The zero-order valence-electron chi connectivity index (χ0n) is 8.59. The fourth-order valence-corrected chi connectivity index (χ4v) is 4.89. The molecule has 0 saturated carbocycles. The van der Waals surface area contributed by atoms with Crippen molar-refractivity contribution < 1.29 is 0 Å². The van der Waals surface area contributed by atoms with Crippen LogP contribution in [-0.2, 0) is 0 Å². The molecule has 0 atom stereocenters. The Morgan fingerprint density at radius 2 is 1.67 bits per heavy atom. The Hall–Kier alpha value is 0.700. The molecule has 0 aliphatic carbocycles. The van der Waals surface area contributed by atoms with E-state index in [0.717, 1.165) is 10.5 Å². The summed E-state index contributed by atoms with van der Waals surface area (Å²) in [7, 11) is 0. The summed E-state index contributed by atoms with van der Waals surface area (Å²) in [4.78, 5) is 0. The first-order chi connectivity index (χ1) is 5.54. The van der Waals surface area contributed by atoms with Crippen LogP contribution in [0.5, 0.6) is 0 Å². The minimum Gasteiger partial charge on any atom is -0.147 e. The summed E-state index contributed by atoms with van der Waals surface area (Å²) in [5.74, 6) is 3.73. The lowest BCUT2D eigenvalue weighted by Crippen LogP contribution is -2.27. The van der Waals surface area contributed by atoms with Gasteiger partial charge in [0, 0.05) is 0 Å². The number of rotatable bonds is 1. The van der Waals surface area contributed by atoms with Crippen LogP contribution in [0.25, 0.3) is 0 Å². The van der Waals surface area contributed by atoms with Gasteiger partial charge >= 0.3 is 0 Å². The lowest BCUT2D eigenvalue weighted by atomic mass is 10.00. The summed E-state index contributed by atoms with van der Waals surface area (Å²) < 4.78 is 0.820. The van der Waals surface area contributed by atoms with E-state index in [1.807, 2.05) is 0 Å². The molecule has 1 rings (SSSR count). The zero-order chi connectivity index (χ0) is 9.19. The molecular formula is C10H20S2. The van der Waals surface area contributed by atoms with Crippen LogP contribution in [0.3, 0.4) is 0 Å². The second kappa shape index (κ2) is 4.28. The highest BCUT2D eigenvalue weighted by molar-refractivity contribution is 8.17. The van der Waals surface area contributed by atoms with Crippen LogP contribution in [-0.4, -0.2) is 16.1 Å². The summed E-state index contributed by atoms with van der Waals surface area (Å²) in [6.07, 6.45) is 1.36. The largest absolute Gasteiger partial charge is 0.147 e. The van der Waals surface area contributed by atoms with Crippen LogP contribution >= 0.6 is 23.5 Å². The molecule has 1 saturated heterocycles. The van der Waals surface area contributed by atoms with Gasteiger partial charge in [-0.05, 0) is 22.8 Å². The second-order valence-corrected chi connectivity index (χ2v) is 7.21. The van der Waals surface area contributed by atoms with Gasteiger partial charge in [-0.1, -0.05) is 34.1 Å². The van der Waals surface area contributed by atoms with Crippen molar-refractivity contribution in [3.05, 3.63) is 0 Å². The highest BCUT2D eigenvalue weighted by Crippen LogP contribution is 2.44. The third-order valence-corrected chi connectivity index (χ3v) is 6.41. The molecule has 0 aromatic rings. The summed E-state index contributed by atoms with van der Waals surface area (Å²) in [6.45, 7) is 9.36. The van der Waals surface area contributed by atoms with Gasteiger partial charge in [0.15, 0.2) is 0 Å². The summed E-state index contributed by atoms with van der Waals surface area (Å²) in [5, 5.41) is 0. The summed E-state index contributed by atoms with van der Waals surface area (Å²) >= 11 is 4.33. The Morgan fingerprint density at radius 3 is 2.00 bits per heavy atom. The van der Waals surface area contributed by atoms with E-state index in [2.05, 4.69) is 51.2 Å². The molecule has 0 nitrogen and oxygen atoms in total. The van der Waals surface area contributed by atoms with E-state index < -0.39 is 0 Å². The van der Waals surface area contributed by atoms with E-state index >= 15 is 0 Å². The van der Waals surface area contributed by atoms with E-state index in [1.165, 1.54) is 17.9 Å². The molecular weight excluding hydrogens is 184 g/mol. The molecule has 2 heteroatoms. The lowest BCUT2D eigenvalue weighted by molar-refractivity contribution is 0.455. The first-order valence-electron chi connectivity index (χ1n) is 4.77. The zero-order valence-corrected chi connectivity index (χ0v) is 10.2. The maximum atomic E-state index is 2.35. The Labute approximate surface area is 85.3 Å². The van der Waals surface area contributed by atoms with Gasteiger partial charge in [-0.2, -0.15) is 0 Å². The summed E-state index contributed by atoms with van der Waals surface area (Å²) in [5.41, 5.74) is 0.480. The minimum absolute atomic E-state index is 0.480. The van der Waals surface area contributed by atoms with Gasteiger partial charge in [0.05, 0.1) is 4.58 Å². The van der Waals surface area contributed by atoms with Crippen molar-refractivity contribution in [2.75, 3.05) is 11.5 Å². The van der Waals surface area contributed by atoms with Gasteiger partial charge in [0.2, 0.25) is 0 Å². The average molecular weight is 204 g/mol. The van der Waals surface area contributed by atoms with E-state index in [1.54, 1.807) is 0 Å². The molecule has 0 aromatic heterocycles. The first kappa shape index (κ1) is 10.8. The third kappa shape index (κ3) is 2.88. The highest BCUT2D eigenvalue weighted by atomic mass is 32.2. The molecule has 0 spiro atoms. The van der Waals surface area contributed by atoms with Crippen molar-refractivity contribution in [3.8, 4) is 0 Å². The van der Waals surface area contributed by atoms with Crippen molar-refractivity contribution in [2.24, 2.45) is 11.3 Å². The fourth-order valence-electron chi connectivity index (χ4n) is 1.28. The standard InChI is InChI=1S/C10H20S2/c1-5-8-6-11-9(12-7-8)10(2,3)4/h8-9H,5-7H2,1-4H3.